The van der Waals surface area contributed by atoms with Gasteiger partial charge in [-0.1, -0.05) is 12.1 Å². The van der Waals surface area contributed by atoms with Gasteiger partial charge in [-0.2, -0.15) is 0 Å². The summed E-state index contributed by atoms with van der Waals surface area (Å²) >= 11 is 0. The number of methoxy groups -OCH3 is 1. The van der Waals surface area contributed by atoms with Crippen molar-refractivity contribution in [3.05, 3.63) is 29.8 Å². The number of aliphatic hydroxyl groups is 1. The molecule has 0 spiro atoms. The number of rotatable bonds is 4. The molecule has 0 heterocycles. The number of carbonyl (C=O) groups excluding carboxylic acids is 1. The second-order valence-electron chi connectivity index (χ2n) is 5.24. The fourth-order valence-corrected chi connectivity index (χ4v) is 2.55. The first kappa shape index (κ1) is 14.8. The fraction of sp³-hybridized carbons (Fsp3) is 0.533. The number of ether oxygens (including phenoxy) is 1. The van der Waals surface area contributed by atoms with E-state index in [1.54, 1.807) is 31.4 Å². The van der Waals surface area contributed by atoms with Gasteiger partial charge in [-0.05, 0) is 37.0 Å². The summed E-state index contributed by atoms with van der Waals surface area (Å²) in [7, 11) is 1.56. The molecule has 2 rings (SSSR count). The summed E-state index contributed by atoms with van der Waals surface area (Å²) in [6.45, 7) is 0.440. The molecule has 1 aromatic carbocycles. The molecule has 1 saturated carbocycles. The van der Waals surface area contributed by atoms with Gasteiger partial charge in [0.05, 0.1) is 12.2 Å². The van der Waals surface area contributed by atoms with Crippen molar-refractivity contribution in [2.75, 3.05) is 7.11 Å². The van der Waals surface area contributed by atoms with Crippen LogP contribution in [0.1, 0.15) is 24.8 Å². The van der Waals surface area contributed by atoms with Crippen LogP contribution in [0.15, 0.2) is 24.3 Å². The average molecular weight is 279 g/mol. The lowest BCUT2D eigenvalue weighted by Gasteiger charge is -2.31. The largest absolute Gasteiger partial charge is 0.508 e. The van der Waals surface area contributed by atoms with Crippen LogP contribution in [-0.2, 0) is 16.1 Å². The molecular weight excluding hydrogens is 258 g/mol. The van der Waals surface area contributed by atoms with Gasteiger partial charge in [0, 0.05) is 19.6 Å². The van der Waals surface area contributed by atoms with Crippen LogP contribution < -0.4 is 5.32 Å². The normalized spacial score (nSPS) is 26.2. The van der Waals surface area contributed by atoms with Gasteiger partial charge >= 0.3 is 0 Å². The molecule has 3 atom stereocenters. The van der Waals surface area contributed by atoms with Crippen LogP contribution in [-0.4, -0.2) is 35.4 Å². The molecule has 1 amide bonds. The number of carbonyl (C=O) groups is 1. The van der Waals surface area contributed by atoms with Crippen LogP contribution >= 0.6 is 0 Å². The molecular formula is C15H21NO4. The van der Waals surface area contributed by atoms with Crippen molar-refractivity contribution < 1.29 is 19.7 Å². The second-order valence-corrected chi connectivity index (χ2v) is 5.24. The Bertz CT molecular complexity index is 446. The van der Waals surface area contributed by atoms with Crippen LogP contribution in [0.5, 0.6) is 5.75 Å². The van der Waals surface area contributed by atoms with E-state index in [0.717, 1.165) is 5.56 Å². The van der Waals surface area contributed by atoms with E-state index in [1.807, 2.05) is 0 Å². The summed E-state index contributed by atoms with van der Waals surface area (Å²) in [5, 5.41) is 21.8. The van der Waals surface area contributed by atoms with Crippen molar-refractivity contribution in [3.63, 3.8) is 0 Å². The molecule has 0 radical (unpaired) electrons. The number of hydrogen-bond donors (Lipinski definition) is 3. The van der Waals surface area contributed by atoms with Gasteiger partial charge in [-0.3, -0.25) is 4.79 Å². The van der Waals surface area contributed by atoms with Crippen molar-refractivity contribution in [2.45, 2.75) is 38.0 Å². The molecule has 0 unspecified atom stereocenters. The standard InChI is InChI=1S/C15H21NO4/c1-20-14-8-11(4-7-13(14)18)15(19)16-9-10-2-5-12(17)6-3-10/h2-3,5-6,11,13-14,17-18H,4,7-9H2,1H3,(H,16,19)/t11-,13+,14-/m1/s1. The van der Waals surface area contributed by atoms with E-state index in [-0.39, 0.29) is 23.7 Å². The maximum atomic E-state index is 12.1. The third kappa shape index (κ3) is 3.71. The summed E-state index contributed by atoms with van der Waals surface area (Å²) in [4.78, 5) is 12.1. The number of hydrogen-bond acceptors (Lipinski definition) is 4. The van der Waals surface area contributed by atoms with Gasteiger partial charge in [-0.15, -0.1) is 0 Å². The first-order valence-corrected chi connectivity index (χ1v) is 6.86. The monoisotopic (exact) mass is 279 g/mol. The fourth-order valence-electron chi connectivity index (χ4n) is 2.55. The summed E-state index contributed by atoms with van der Waals surface area (Å²) in [5.74, 6) is 0.0942. The Labute approximate surface area is 118 Å². The highest BCUT2D eigenvalue weighted by molar-refractivity contribution is 5.78. The Hall–Kier alpha value is -1.59. The minimum Gasteiger partial charge on any atom is -0.508 e. The van der Waals surface area contributed by atoms with Crippen molar-refractivity contribution in [2.24, 2.45) is 5.92 Å². The molecule has 3 N–H and O–H groups in total. The van der Waals surface area contributed by atoms with Gasteiger partial charge in [0.1, 0.15) is 5.75 Å². The third-order valence-electron chi connectivity index (χ3n) is 3.83. The van der Waals surface area contributed by atoms with Crippen molar-refractivity contribution in [3.8, 4) is 5.75 Å². The number of aromatic hydroxyl groups is 1. The molecule has 5 nitrogen and oxygen atoms in total. The Morgan fingerprint density at radius 3 is 2.70 bits per heavy atom. The predicted octanol–water partition coefficient (Wildman–Crippen LogP) is 1.18. The SMILES string of the molecule is CO[C@@H]1C[C@H](C(=O)NCc2ccc(O)cc2)CC[C@@H]1O. The highest BCUT2D eigenvalue weighted by Gasteiger charge is 2.32. The average Bonchev–Trinajstić information content (AvgIpc) is 2.47. The van der Waals surface area contributed by atoms with Crippen molar-refractivity contribution >= 4 is 5.91 Å². The lowest BCUT2D eigenvalue weighted by Crippen LogP contribution is -2.41. The van der Waals surface area contributed by atoms with Gasteiger partial charge in [0.25, 0.3) is 0 Å². The highest BCUT2D eigenvalue weighted by Crippen LogP contribution is 2.26. The molecule has 5 heteroatoms. The first-order chi connectivity index (χ1) is 9.60. The number of benzene rings is 1. The van der Waals surface area contributed by atoms with Crippen LogP contribution in [0.3, 0.4) is 0 Å². The second kappa shape index (κ2) is 6.72. The Morgan fingerprint density at radius 2 is 2.05 bits per heavy atom. The van der Waals surface area contributed by atoms with Crippen LogP contribution in [0, 0.1) is 5.92 Å². The zero-order chi connectivity index (χ0) is 14.5. The van der Waals surface area contributed by atoms with Gasteiger partial charge in [0.2, 0.25) is 5.91 Å². The van der Waals surface area contributed by atoms with Crippen LogP contribution in [0.4, 0.5) is 0 Å². The van der Waals surface area contributed by atoms with E-state index in [9.17, 15) is 15.0 Å². The Kier molecular flexibility index (Phi) is 4.98. The molecule has 20 heavy (non-hydrogen) atoms. The minimum atomic E-state index is -0.471. The zero-order valence-corrected chi connectivity index (χ0v) is 11.6. The number of phenols is 1. The molecule has 0 aliphatic heterocycles. The molecule has 0 aromatic heterocycles. The molecule has 1 aliphatic rings. The first-order valence-electron chi connectivity index (χ1n) is 6.86. The Morgan fingerprint density at radius 1 is 1.35 bits per heavy atom. The van der Waals surface area contributed by atoms with Gasteiger partial charge in [0.15, 0.2) is 0 Å². The number of aliphatic hydroxyl groups excluding tert-OH is 1. The number of nitrogens with one attached hydrogen (secondary N) is 1. The third-order valence-corrected chi connectivity index (χ3v) is 3.83. The molecule has 1 aromatic rings. The number of phenolic OH excluding ortho intramolecular Hbond substituents is 1. The van der Waals surface area contributed by atoms with E-state index in [1.165, 1.54) is 0 Å². The van der Waals surface area contributed by atoms with E-state index in [2.05, 4.69) is 5.32 Å². The van der Waals surface area contributed by atoms with Gasteiger partial charge < -0.3 is 20.3 Å². The van der Waals surface area contributed by atoms with Gasteiger partial charge in [-0.25, -0.2) is 0 Å². The zero-order valence-electron chi connectivity index (χ0n) is 11.6. The van der Waals surface area contributed by atoms with E-state index >= 15 is 0 Å². The maximum Gasteiger partial charge on any atom is 0.223 e. The lowest BCUT2D eigenvalue weighted by molar-refractivity contribution is -0.130. The predicted molar refractivity (Wildman–Crippen MR) is 74.1 cm³/mol. The summed E-state index contributed by atoms with van der Waals surface area (Å²) in [5.41, 5.74) is 0.940. The van der Waals surface area contributed by atoms with Crippen molar-refractivity contribution in [1.82, 2.24) is 5.32 Å². The molecule has 0 saturated heterocycles. The van der Waals surface area contributed by atoms with Crippen LogP contribution in [0.2, 0.25) is 0 Å². The molecule has 1 fully saturated rings. The molecule has 110 valence electrons. The highest BCUT2D eigenvalue weighted by atomic mass is 16.5. The summed E-state index contributed by atoms with van der Waals surface area (Å²) < 4.78 is 5.20. The minimum absolute atomic E-state index is 0.00738. The summed E-state index contributed by atoms with van der Waals surface area (Å²) in [6.07, 6.45) is 1.10. The van der Waals surface area contributed by atoms with E-state index in [4.69, 9.17) is 4.74 Å². The smallest absolute Gasteiger partial charge is 0.223 e. The quantitative estimate of drug-likeness (QED) is 0.773. The topological polar surface area (TPSA) is 78.8 Å². The maximum absolute atomic E-state index is 12.1. The molecule has 1 aliphatic carbocycles. The lowest BCUT2D eigenvalue weighted by atomic mass is 9.84. The Balaban J connectivity index is 1.84. The summed E-state index contributed by atoms with van der Waals surface area (Å²) in [6, 6.07) is 6.75. The van der Waals surface area contributed by atoms with E-state index in [0.29, 0.717) is 25.8 Å². The van der Waals surface area contributed by atoms with Crippen molar-refractivity contribution in [1.29, 1.82) is 0 Å². The molecule has 0 bridgehead atoms. The van der Waals surface area contributed by atoms with Crippen LogP contribution in [0.25, 0.3) is 0 Å². The number of amides is 1. The van der Waals surface area contributed by atoms with E-state index < -0.39 is 6.10 Å².